The van der Waals surface area contributed by atoms with Crippen LogP contribution in [0.2, 0.25) is 6.32 Å². The topological polar surface area (TPSA) is 0 Å². The molecule has 1 aliphatic carbocycles. The third-order valence-corrected chi connectivity index (χ3v) is 7.05. The molecule has 0 bridgehead atoms. The summed E-state index contributed by atoms with van der Waals surface area (Å²) >= 11 is 0. The van der Waals surface area contributed by atoms with Gasteiger partial charge in [-0.1, -0.05) is 167 Å². The van der Waals surface area contributed by atoms with Gasteiger partial charge in [-0.05, 0) is 5.92 Å². The van der Waals surface area contributed by atoms with E-state index in [0.717, 1.165) is 12.2 Å². The highest BCUT2D eigenvalue weighted by molar-refractivity contribution is 6.08. The molecule has 0 N–H and O–H groups in total. The van der Waals surface area contributed by atoms with Crippen LogP contribution in [0.1, 0.15) is 161 Å². The monoisotopic (exact) mass is 388 g/mol. The zero-order valence-corrected chi connectivity index (χ0v) is 19.5. The average Bonchev–Trinajstić information content (AvgIpc) is 2.70. The Balaban J connectivity index is 2.16. The van der Waals surface area contributed by atoms with Crippen LogP contribution in [-0.4, -0.2) is 7.85 Å². The molecule has 1 heteroatoms. The Morgan fingerprint density at radius 2 is 0.571 bits per heavy atom. The molecule has 164 valence electrons. The Bertz CT molecular complexity index is 262. The lowest BCUT2D eigenvalue weighted by Crippen LogP contribution is -2.01. The molecule has 0 atom stereocenters. The van der Waals surface area contributed by atoms with Gasteiger partial charge in [0, 0.05) is 0 Å². The van der Waals surface area contributed by atoms with Gasteiger partial charge in [0.05, 0.1) is 7.85 Å². The van der Waals surface area contributed by atoms with Gasteiger partial charge in [-0.25, -0.2) is 0 Å². The third-order valence-electron chi connectivity index (χ3n) is 7.05. The Morgan fingerprint density at radius 1 is 0.357 bits per heavy atom. The van der Waals surface area contributed by atoms with Crippen LogP contribution in [0.25, 0.3) is 0 Å². The van der Waals surface area contributed by atoms with Crippen molar-refractivity contribution < 1.29 is 0 Å². The largest absolute Gasteiger partial charge is 0.0884 e. The number of hydrogen-bond donors (Lipinski definition) is 0. The Hall–Kier alpha value is 0.0649. The van der Waals surface area contributed by atoms with Gasteiger partial charge in [-0.3, -0.25) is 0 Å². The van der Waals surface area contributed by atoms with E-state index in [-0.39, 0.29) is 0 Å². The van der Waals surface area contributed by atoms with Crippen LogP contribution >= 0.6 is 0 Å². The maximum absolute atomic E-state index is 5.87. The fraction of sp³-hybridized carbons (Fsp3) is 1.00. The first-order chi connectivity index (χ1) is 13.9. The lowest BCUT2D eigenvalue weighted by atomic mass is 9.86. The van der Waals surface area contributed by atoms with Gasteiger partial charge in [0.2, 0.25) is 0 Å². The quantitative estimate of drug-likeness (QED) is 0.413. The van der Waals surface area contributed by atoms with Gasteiger partial charge in [0.15, 0.2) is 0 Å². The summed E-state index contributed by atoms with van der Waals surface area (Å²) in [5.41, 5.74) is 0. The SMILES string of the molecule is [B]CCC1CCCCCCCCCCCCCCCCCCCCCCCC1. The van der Waals surface area contributed by atoms with Crippen molar-refractivity contribution >= 4 is 7.85 Å². The second-order valence-corrected chi connectivity index (χ2v) is 9.80. The molecule has 0 heterocycles. The highest BCUT2D eigenvalue weighted by Gasteiger charge is 2.07. The molecular formula is C27H53B. The number of rotatable bonds is 2. The highest BCUT2D eigenvalue weighted by atomic mass is 14.1. The van der Waals surface area contributed by atoms with E-state index in [1.807, 2.05) is 0 Å². The maximum Gasteiger partial charge on any atom is 0.0653 e. The molecule has 2 radical (unpaired) electrons. The molecule has 0 amide bonds. The summed E-state index contributed by atoms with van der Waals surface area (Å²) in [6, 6.07) is 0. The Kier molecular flexibility index (Phi) is 20.3. The van der Waals surface area contributed by atoms with Crippen LogP contribution in [0.3, 0.4) is 0 Å². The third kappa shape index (κ3) is 18.1. The average molecular weight is 389 g/mol. The summed E-state index contributed by atoms with van der Waals surface area (Å²) in [7, 11) is 5.87. The summed E-state index contributed by atoms with van der Waals surface area (Å²) in [5, 5.41) is 0. The smallest absolute Gasteiger partial charge is 0.0653 e. The van der Waals surface area contributed by atoms with Gasteiger partial charge in [0.1, 0.15) is 0 Å². The van der Waals surface area contributed by atoms with E-state index in [1.165, 1.54) is 161 Å². The summed E-state index contributed by atoms with van der Waals surface area (Å²) in [6.45, 7) is 0. The van der Waals surface area contributed by atoms with E-state index in [0.29, 0.717) is 0 Å². The van der Waals surface area contributed by atoms with Crippen molar-refractivity contribution in [3.63, 3.8) is 0 Å². The zero-order valence-electron chi connectivity index (χ0n) is 19.5. The normalized spacial score (nSPS) is 23.4. The molecule has 0 unspecified atom stereocenters. The molecule has 0 aromatic carbocycles. The maximum atomic E-state index is 5.87. The van der Waals surface area contributed by atoms with Crippen molar-refractivity contribution in [3.05, 3.63) is 0 Å². The first kappa shape index (κ1) is 26.1. The van der Waals surface area contributed by atoms with Gasteiger partial charge in [0.25, 0.3) is 0 Å². The van der Waals surface area contributed by atoms with Crippen molar-refractivity contribution in [1.82, 2.24) is 0 Å². The van der Waals surface area contributed by atoms with Crippen molar-refractivity contribution in [2.75, 3.05) is 0 Å². The fourth-order valence-electron chi connectivity index (χ4n) is 5.07. The molecule has 0 aromatic rings. The molecule has 0 nitrogen and oxygen atoms in total. The first-order valence-corrected chi connectivity index (χ1v) is 13.6. The Morgan fingerprint density at radius 3 is 0.786 bits per heavy atom. The minimum atomic E-state index is 0.894. The minimum absolute atomic E-state index is 0.894. The molecule has 28 heavy (non-hydrogen) atoms. The molecule has 0 saturated heterocycles. The van der Waals surface area contributed by atoms with Crippen LogP contribution in [0.4, 0.5) is 0 Å². The summed E-state index contributed by atoms with van der Waals surface area (Å²) in [5.74, 6) is 0.916. The molecule has 1 saturated carbocycles. The van der Waals surface area contributed by atoms with E-state index in [2.05, 4.69) is 0 Å². The van der Waals surface area contributed by atoms with Crippen molar-refractivity contribution in [1.29, 1.82) is 0 Å². The lowest BCUT2D eigenvalue weighted by molar-refractivity contribution is 0.392. The van der Waals surface area contributed by atoms with Crippen LogP contribution in [0, 0.1) is 5.92 Å². The Labute approximate surface area is 180 Å². The summed E-state index contributed by atoms with van der Waals surface area (Å²) in [4.78, 5) is 0. The minimum Gasteiger partial charge on any atom is -0.0884 e. The predicted octanol–water partition coefficient (Wildman–Crippen LogP) is 9.96. The number of hydrogen-bond acceptors (Lipinski definition) is 0. The molecule has 0 aromatic heterocycles. The highest BCUT2D eigenvalue weighted by Crippen LogP contribution is 2.23. The summed E-state index contributed by atoms with van der Waals surface area (Å²) < 4.78 is 0. The van der Waals surface area contributed by atoms with E-state index in [9.17, 15) is 0 Å². The second-order valence-electron chi connectivity index (χ2n) is 9.80. The molecular weight excluding hydrogens is 335 g/mol. The standard InChI is InChI=1S/C27H53B/c28-26-25-27-23-21-19-17-15-13-11-9-7-5-3-1-2-4-6-8-10-12-14-16-18-20-22-24-27/h27H,1-26H2. The van der Waals surface area contributed by atoms with Crippen molar-refractivity contribution in [2.24, 2.45) is 5.92 Å². The van der Waals surface area contributed by atoms with Crippen molar-refractivity contribution in [3.8, 4) is 0 Å². The van der Waals surface area contributed by atoms with Crippen LogP contribution in [-0.2, 0) is 0 Å². The van der Waals surface area contributed by atoms with E-state index in [4.69, 9.17) is 7.85 Å². The van der Waals surface area contributed by atoms with Gasteiger partial charge < -0.3 is 0 Å². The zero-order chi connectivity index (χ0) is 20.0. The molecule has 1 aliphatic rings. The van der Waals surface area contributed by atoms with E-state index < -0.39 is 0 Å². The molecule has 1 rings (SSSR count). The van der Waals surface area contributed by atoms with E-state index >= 15 is 0 Å². The van der Waals surface area contributed by atoms with Crippen LogP contribution < -0.4 is 0 Å². The van der Waals surface area contributed by atoms with Gasteiger partial charge in [-0.2, -0.15) is 0 Å². The molecule has 0 spiro atoms. The van der Waals surface area contributed by atoms with E-state index in [1.54, 1.807) is 0 Å². The fourth-order valence-corrected chi connectivity index (χ4v) is 5.07. The van der Waals surface area contributed by atoms with Crippen molar-refractivity contribution in [2.45, 2.75) is 167 Å². The predicted molar refractivity (Wildman–Crippen MR) is 129 cm³/mol. The van der Waals surface area contributed by atoms with Gasteiger partial charge in [-0.15, -0.1) is 0 Å². The first-order valence-electron chi connectivity index (χ1n) is 13.6. The second kappa shape index (κ2) is 21.8. The van der Waals surface area contributed by atoms with Crippen LogP contribution in [0.5, 0.6) is 0 Å². The summed E-state index contributed by atoms with van der Waals surface area (Å²) in [6.07, 6.45) is 37.5. The molecule has 1 fully saturated rings. The lowest BCUT2D eigenvalue weighted by Gasteiger charge is -2.16. The van der Waals surface area contributed by atoms with Crippen LogP contribution in [0.15, 0.2) is 0 Å². The van der Waals surface area contributed by atoms with Gasteiger partial charge >= 0.3 is 0 Å². The molecule has 0 aliphatic heterocycles.